The highest BCUT2D eigenvalue weighted by Crippen LogP contribution is 2.27. The molecule has 8 heteroatoms. The minimum Gasteiger partial charge on any atom is -0.465 e. The van der Waals surface area contributed by atoms with Gasteiger partial charge in [0.1, 0.15) is 0 Å². The number of nitrogens with one attached hydrogen (secondary N) is 2. The summed E-state index contributed by atoms with van der Waals surface area (Å²) in [6, 6.07) is -1.02. The molecule has 4 atom stereocenters. The molecule has 3 amide bonds. The summed E-state index contributed by atoms with van der Waals surface area (Å²) in [6.07, 6.45) is 1.33. The van der Waals surface area contributed by atoms with Crippen molar-refractivity contribution in [3.63, 3.8) is 0 Å². The zero-order valence-corrected chi connectivity index (χ0v) is 12.0. The van der Waals surface area contributed by atoms with Gasteiger partial charge in [0.05, 0.1) is 18.1 Å². The number of nitrogens with two attached hydrogens (primary N) is 1. The number of amides is 3. The van der Waals surface area contributed by atoms with E-state index < -0.39 is 12.1 Å². The maximum atomic E-state index is 12.1. The molecule has 1 aliphatic heterocycles. The second-order valence-electron chi connectivity index (χ2n) is 5.76. The van der Waals surface area contributed by atoms with Gasteiger partial charge in [0.2, 0.25) is 11.8 Å². The van der Waals surface area contributed by atoms with Crippen LogP contribution in [0, 0.1) is 0 Å². The van der Waals surface area contributed by atoms with Crippen LogP contribution in [0.5, 0.6) is 0 Å². The Bertz CT molecular complexity index is 442. The van der Waals surface area contributed by atoms with E-state index in [2.05, 4.69) is 10.6 Å². The number of carbonyl (C=O) groups is 3. The number of hydrogen-bond acceptors (Lipinski definition) is 4. The lowest BCUT2D eigenvalue weighted by molar-refractivity contribution is -0.133. The molecule has 2 aliphatic rings. The number of carboxylic acid groups (broad SMARTS) is 1. The molecule has 0 aromatic heterocycles. The summed E-state index contributed by atoms with van der Waals surface area (Å²) in [5.74, 6) is -0.267. The summed E-state index contributed by atoms with van der Waals surface area (Å²) in [5, 5.41) is 14.1. The molecule has 1 heterocycles. The molecule has 1 aliphatic carbocycles. The van der Waals surface area contributed by atoms with Crippen LogP contribution in [0.15, 0.2) is 0 Å². The van der Waals surface area contributed by atoms with E-state index in [-0.39, 0.29) is 29.9 Å². The molecule has 2 fully saturated rings. The van der Waals surface area contributed by atoms with E-state index in [1.807, 2.05) is 0 Å². The SMILES string of the molecule is CC(=O)N[C@@H]1C[C@H](NC(=O)O)CC[C@@H]1N1CC[C@H](N)C1=O. The lowest BCUT2D eigenvalue weighted by atomic mass is 9.85. The molecule has 8 nitrogen and oxygen atoms in total. The minimum atomic E-state index is -1.07. The van der Waals surface area contributed by atoms with Crippen LogP contribution in [0.1, 0.15) is 32.6 Å². The third kappa shape index (κ3) is 3.63. The van der Waals surface area contributed by atoms with Gasteiger partial charge in [0, 0.05) is 19.5 Å². The van der Waals surface area contributed by atoms with Gasteiger partial charge in [0.15, 0.2) is 0 Å². The zero-order valence-electron chi connectivity index (χ0n) is 12.0. The fourth-order valence-corrected chi connectivity index (χ4v) is 3.30. The summed E-state index contributed by atoms with van der Waals surface area (Å²) < 4.78 is 0. The third-order valence-electron chi connectivity index (χ3n) is 4.21. The van der Waals surface area contributed by atoms with E-state index in [1.165, 1.54) is 6.92 Å². The Balaban J connectivity index is 2.07. The van der Waals surface area contributed by atoms with Gasteiger partial charge >= 0.3 is 6.09 Å². The van der Waals surface area contributed by atoms with Crippen LogP contribution in [0.25, 0.3) is 0 Å². The predicted octanol–water partition coefficient (Wildman–Crippen LogP) is -0.761. The van der Waals surface area contributed by atoms with Crippen LogP contribution in [0.4, 0.5) is 4.79 Å². The Morgan fingerprint density at radius 2 is 2.00 bits per heavy atom. The van der Waals surface area contributed by atoms with Crippen molar-refractivity contribution in [1.29, 1.82) is 0 Å². The van der Waals surface area contributed by atoms with Crippen molar-refractivity contribution in [2.45, 2.75) is 56.8 Å². The Labute approximate surface area is 123 Å². The number of hydrogen-bond donors (Lipinski definition) is 4. The van der Waals surface area contributed by atoms with Crippen molar-refractivity contribution in [2.24, 2.45) is 5.73 Å². The van der Waals surface area contributed by atoms with Crippen LogP contribution >= 0.6 is 0 Å². The van der Waals surface area contributed by atoms with Crippen LogP contribution in [0.2, 0.25) is 0 Å². The Hall–Kier alpha value is -1.83. The first-order valence-electron chi connectivity index (χ1n) is 7.21. The van der Waals surface area contributed by atoms with Crippen molar-refractivity contribution in [3.05, 3.63) is 0 Å². The number of likely N-dealkylation sites (tertiary alicyclic amines) is 1. The molecule has 0 bridgehead atoms. The molecule has 118 valence electrons. The zero-order chi connectivity index (χ0) is 15.6. The smallest absolute Gasteiger partial charge is 0.404 e. The summed E-state index contributed by atoms with van der Waals surface area (Å²) in [5.41, 5.74) is 5.75. The summed E-state index contributed by atoms with van der Waals surface area (Å²) >= 11 is 0. The molecule has 0 aromatic carbocycles. The van der Waals surface area contributed by atoms with Crippen LogP contribution in [0.3, 0.4) is 0 Å². The molecule has 5 N–H and O–H groups in total. The monoisotopic (exact) mass is 298 g/mol. The highest BCUT2D eigenvalue weighted by molar-refractivity contribution is 5.84. The Kier molecular flexibility index (Phi) is 4.66. The van der Waals surface area contributed by atoms with E-state index in [9.17, 15) is 14.4 Å². The lowest BCUT2D eigenvalue weighted by Gasteiger charge is -2.41. The van der Waals surface area contributed by atoms with Crippen molar-refractivity contribution in [2.75, 3.05) is 6.54 Å². The van der Waals surface area contributed by atoms with Gasteiger partial charge in [-0.25, -0.2) is 4.79 Å². The maximum absolute atomic E-state index is 12.1. The fraction of sp³-hybridized carbons (Fsp3) is 0.769. The molecule has 0 aromatic rings. The van der Waals surface area contributed by atoms with Gasteiger partial charge in [-0.1, -0.05) is 0 Å². The van der Waals surface area contributed by atoms with E-state index in [0.717, 1.165) is 0 Å². The van der Waals surface area contributed by atoms with E-state index in [4.69, 9.17) is 10.8 Å². The molecular formula is C13H22N4O4. The molecule has 0 unspecified atom stereocenters. The molecule has 0 spiro atoms. The van der Waals surface area contributed by atoms with E-state index >= 15 is 0 Å². The predicted molar refractivity (Wildman–Crippen MR) is 74.5 cm³/mol. The van der Waals surface area contributed by atoms with Crippen LogP contribution in [-0.2, 0) is 9.59 Å². The van der Waals surface area contributed by atoms with Crippen molar-refractivity contribution < 1.29 is 19.5 Å². The van der Waals surface area contributed by atoms with Gasteiger partial charge in [-0.3, -0.25) is 9.59 Å². The van der Waals surface area contributed by atoms with Gasteiger partial charge in [0.25, 0.3) is 0 Å². The minimum absolute atomic E-state index is 0.0833. The molecular weight excluding hydrogens is 276 g/mol. The first-order valence-corrected chi connectivity index (χ1v) is 7.21. The average molecular weight is 298 g/mol. The Morgan fingerprint density at radius 3 is 2.52 bits per heavy atom. The third-order valence-corrected chi connectivity index (χ3v) is 4.21. The van der Waals surface area contributed by atoms with Crippen molar-refractivity contribution in [3.8, 4) is 0 Å². The number of rotatable bonds is 3. The van der Waals surface area contributed by atoms with E-state index in [0.29, 0.717) is 32.2 Å². The maximum Gasteiger partial charge on any atom is 0.404 e. The quantitative estimate of drug-likeness (QED) is 0.545. The highest BCUT2D eigenvalue weighted by Gasteiger charge is 2.41. The van der Waals surface area contributed by atoms with Gasteiger partial charge in [-0.15, -0.1) is 0 Å². The van der Waals surface area contributed by atoms with E-state index in [1.54, 1.807) is 4.90 Å². The van der Waals surface area contributed by atoms with Crippen LogP contribution in [-0.4, -0.2) is 58.6 Å². The standard InChI is InChI=1S/C13H22N4O4/c1-7(18)15-10-6-8(16-13(20)21)2-3-11(10)17-5-4-9(14)12(17)19/h8-11,16H,2-6,14H2,1H3,(H,15,18)(H,20,21)/t8-,9+,10-,11+/m1/s1. The summed E-state index contributed by atoms with van der Waals surface area (Å²) in [6.45, 7) is 2.01. The Morgan fingerprint density at radius 1 is 1.29 bits per heavy atom. The van der Waals surface area contributed by atoms with Crippen molar-refractivity contribution in [1.82, 2.24) is 15.5 Å². The largest absolute Gasteiger partial charge is 0.465 e. The normalized spacial score (nSPS) is 32.9. The number of nitrogens with zero attached hydrogens (tertiary/aromatic N) is 1. The molecule has 21 heavy (non-hydrogen) atoms. The molecule has 2 rings (SSSR count). The second-order valence-corrected chi connectivity index (χ2v) is 5.76. The highest BCUT2D eigenvalue weighted by atomic mass is 16.4. The number of carbonyl (C=O) groups excluding carboxylic acids is 2. The topological polar surface area (TPSA) is 125 Å². The first-order chi connectivity index (χ1) is 9.88. The fourth-order valence-electron chi connectivity index (χ4n) is 3.30. The van der Waals surface area contributed by atoms with Gasteiger partial charge < -0.3 is 26.4 Å². The average Bonchev–Trinajstić information content (AvgIpc) is 2.69. The summed E-state index contributed by atoms with van der Waals surface area (Å²) in [7, 11) is 0. The molecule has 1 saturated heterocycles. The van der Waals surface area contributed by atoms with Gasteiger partial charge in [-0.2, -0.15) is 0 Å². The van der Waals surface area contributed by atoms with Gasteiger partial charge in [-0.05, 0) is 25.7 Å². The lowest BCUT2D eigenvalue weighted by Crippen LogP contribution is -2.58. The van der Waals surface area contributed by atoms with Crippen LogP contribution < -0.4 is 16.4 Å². The molecule has 1 saturated carbocycles. The summed E-state index contributed by atoms with van der Waals surface area (Å²) in [4.78, 5) is 35.9. The second kappa shape index (κ2) is 6.30. The first kappa shape index (κ1) is 15.6. The van der Waals surface area contributed by atoms with Crippen molar-refractivity contribution >= 4 is 17.9 Å². The molecule has 0 radical (unpaired) electrons.